The molecule has 0 aromatic heterocycles. The van der Waals surface area contributed by atoms with E-state index in [1.165, 1.54) is 18.6 Å². The lowest BCUT2D eigenvalue weighted by molar-refractivity contribution is 0.0728. The van der Waals surface area contributed by atoms with Gasteiger partial charge in [0.1, 0.15) is 11.6 Å². The second-order valence-corrected chi connectivity index (χ2v) is 8.13. The van der Waals surface area contributed by atoms with E-state index in [1.54, 1.807) is 6.07 Å². The fourth-order valence-electron chi connectivity index (χ4n) is 4.18. The van der Waals surface area contributed by atoms with Crippen molar-refractivity contribution < 1.29 is 36.2 Å². The molecule has 33 heavy (non-hydrogen) atoms. The van der Waals surface area contributed by atoms with Crippen molar-refractivity contribution in [2.75, 3.05) is 0 Å². The monoisotopic (exact) mass is 468 g/mol. The van der Waals surface area contributed by atoms with E-state index in [4.69, 9.17) is 4.74 Å². The second kappa shape index (κ2) is 11.3. The van der Waals surface area contributed by atoms with Crippen LogP contribution in [0.4, 0.5) is 22.0 Å². The number of alkyl halides is 2. The van der Waals surface area contributed by atoms with Crippen molar-refractivity contribution in [3.8, 4) is 11.5 Å². The van der Waals surface area contributed by atoms with Crippen molar-refractivity contribution in [1.82, 2.24) is 0 Å². The zero-order valence-corrected chi connectivity index (χ0v) is 18.1. The molecule has 0 bridgehead atoms. The molecule has 0 amide bonds. The number of esters is 1. The van der Waals surface area contributed by atoms with E-state index in [-0.39, 0.29) is 11.5 Å². The second-order valence-electron chi connectivity index (χ2n) is 8.13. The van der Waals surface area contributed by atoms with Gasteiger partial charge in [0.25, 0.3) is 6.43 Å². The van der Waals surface area contributed by atoms with Gasteiger partial charge in [0.15, 0.2) is 17.4 Å². The Morgan fingerprint density at radius 3 is 2.27 bits per heavy atom. The molecule has 1 aliphatic rings. The van der Waals surface area contributed by atoms with E-state index in [0.29, 0.717) is 30.4 Å². The Labute approximate surface area is 189 Å². The summed E-state index contributed by atoms with van der Waals surface area (Å²) < 4.78 is 76.3. The first-order valence-corrected chi connectivity index (χ1v) is 10.9. The molecule has 0 atom stereocenters. The summed E-state index contributed by atoms with van der Waals surface area (Å²) in [5.74, 6) is -4.94. The van der Waals surface area contributed by atoms with Gasteiger partial charge in [-0.05, 0) is 55.2 Å². The minimum absolute atomic E-state index is 0.229. The van der Waals surface area contributed by atoms with Crippen LogP contribution in [0.1, 0.15) is 67.3 Å². The van der Waals surface area contributed by atoms with Gasteiger partial charge < -0.3 is 9.47 Å². The molecule has 178 valence electrons. The Morgan fingerprint density at radius 2 is 1.70 bits per heavy atom. The Morgan fingerprint density at radius 1 is 1.03 bits per heavy atom. The number of carbonyl (C=O) groups excluding carboxylic acids is 1. The van der Waals surface area contributed by atoms with Crippen LogP contribution in [0.3, 0.4) is 0 Å². The summed E-state index contributed by atoms with van der Waals surface area (Å²) in [6.45, 7) is 2.17. The van der Waals surface area contributed by atoms with E-state index in [9.17, 15) is 26.7 Å². The van der Waals surface area contributed by atoms with Crippen molar-refractivity contribution >= 4 is 5.97 Å². The molecule has 0 radical (unpaired) electrons. The third kappa shape index (κ3) is 6.55. The van der Waals surface area contributed by atoms with Gasteiger partial charge >= 0.3 is 5.97 Å². The molecular formula is C25H25F5O3. The number of ether oxygens (including phenoxy) is 2. The van der Waals surface area contributed by atoms with Gasteiger partial charge in [-0.2, -0.15) is 0 Å². The average Bonchev–Trinajstić information content (AvgIpc) is 2.76. The Balaban J connectivity index is 1.67. The zero-order valence-electron chi connectivity index (χ0n) is 18.1. The third-order valence-corrected chi connectivity index (χ3v) is 5.82. The SMILES string of the molecule is CCCC1CCC(c2ccc(C(=O)Oc3cc(F)c(O/C=C/C(F)F)c(F)c3)c(F)c2)CC1. The highest BCUT2D eigenvalue weighted by molar-refractivity contribution is 5.91. The summed E-state index contributed by atoms with van der Waals surface area (Å²) in [5.41, 5.74) is 0.453. The smallest absolute Gasteiger partial charge is 0.346 e. The minimum Gasteiger partial charge on any atom is -0.459 e. The maximum atomic E-state index is 14.6. The van der Waals surface area contributed by atoms with Gasteiger partial charge in [0.05, 0.1) is 11.8 Å². The van der Waals surface area contributed by atoms with Crippen LogP contribution in [0, 0.1) is 23.4 Å². The molecule has 0 saturated heterocycles. The van der Waals surface area contributed by atoms with Crippen LogP contribution in [0.5, 0.6) is 11.5 Å². The molecule has 3 rings (SSSR count). The highest BCUT2D eigenvalue weighted by Gasteiger charge is 2.24. The molecule has 0 aliphatic heterocycles. The number of carbonyl (C=O) groups is 1. The van der Waals surface area contributed by atoms with Crippen LogP contribution in [0.25, 0.3) is 0 Å². The van der Waals surface area contributed by atoms with Crippen molar-refractivity contribution in [3.63, 3.8) is 0 Å². The molecule has 0 N–H and O–H groups in total. The summed E-state index contributed by atoms with van der Waals surface area (Å²) in [6.07, 6.45) is 4.38. The summed E-state index contributed by atoms with van der Waals surface area (Å²) in [5, 5.41) is 0. The predicted octanol–water partition coefficient (Wildman–Crippen LogP) is 7.55. The van der Waals surface area contributed by atoms with E-state index >= 15 is 0 Å². The Hall–Kier alpha value is -2.90. The molecule has 1 aliphatic carbocycles. The van der Waals surface area contributed by atoms with Crippen LogP contribution < -0.4 is 9.47 Å². The first-order chi connectivity index (χ1) is 15.8. The molecule has 1 fully saturated rings. The summed E-state index contributed by atoms with van der Waals surface area (Å²) in [4.78, 5) is 12.4. The first-order valence-electron chi connectivity index (χ1n) is 10.9. The van der Waals surface area contributed by atoms with Crippen LogP contribution in [-0.4, -0.2) is 12.4 Å². The summed E-state index contributed by atoms with van der Waals surface area (Å²) in [6, 6.07) is 5.60. The number of hydrogen-bond donors (Lipinski definition) is 0. The lowest BCUT2D eigenvalue weighted by Gasteiger charge is -2.28. The van der Waals surface area contributed by atoms with Crippen LogP contribution in [0.2, 0.25) is 0 Å². The molecule has 2 aromatic rings. The maximum absolute atomic E-state index is 14.6. The first kappa shape index (κ1) is 24.7. The van der Waals surface area contributed by atoms with E-state index < -0.39 is 41.3 Å². The van der Waals surface area contributed by atoms with Gasteiger partial charge in [-0.15, -0.1) is 0 Å². The molecule has 0 heterocycles. The lowest BCUT2D eigenvalue weighted by Crippen LogP contribution is -2.15. The van der Waals surface area contributed by atoms with Crippen LogP contribution in [-0.2, 0) is 0 Å². The Kier molecular flexibility index (Phi) is 8.47. The number of hydrogen-bond acceptors (Lipinski definition) is 3. The van der Waals surface area contributed by atoms with Crippen molar-refractivity contribution in [3.05, 3.63) is 71.2 Å². The molecular weight excluding hydrogens is 443 g/mol. The topological polar surface area (TPSA) is 35.5 Å². The number of allylic oxidation sites excluding steroid dienone is 1. The minimum atomic E-state index is -2.85. The molecule has 0 spiro atoms. The van der Waals surface area contributed by atoms with E-state index in [1.807, 2.05) is 0 Å². The number of halogens is 5. The molecule has 1 saturated carbocycles. The Bertz CT molecular complexity index is 975. The van der Waals surface area contributed by atoms with Crippen LogP contribution in [0.15, 0.2) is 42.7 Å². The van der Waals surface area contributed by atoms with Gasteiger partial charge in [-0.25, -0.2) is 26.7 Å². The van der Waals surface area contributed by atoms with Gasteiger partial charge in [-0.3, -0.25) is 0 Å². The molecule has 0 unspecified atom stereocenters. The fraction of sp³-hybridized carbons (Fsp3) is 0.400. The highest BCUT2D eigenvalue weighted by Crippen LogP contribution is 2.38. The number of benzene rings is 2. The quantitative estimate of drug-likeness (QED) is 0.174. The van der Waals surface area contributed by atoms with Crippen LogP contribution >= 0.6 is 0 Å². The lowest BCUT2D eigenvalue weighted by atomic mass is 9.77. The molecule has 3 nitrogen and oxygen atoms in total. The third-order valence-electron chi connectivity index (χ3n) is 5.82. The van der Waals surface area contributed by atoms with Crippen molar-refractivity contribution in [1.29, 1.82) is 0 Å². The van der Waals surface area contributed by atoms with E-state index in [2.05, 4.69) is 11.7 Å². The molecule has 2 aromatic carbocycles. The normalized spacial score (nSPS) is 18.6. The summed E-state index contributed by atoms with van der Waals surface area (Å²) in [7, 11) is 0. The zero-order chi connectivity index (χ0) is 24.0. The molecule has 8 heteroatoms. The standard InChI is InChI=1S/C25H25F5O3/c1-2-3-15-4-6-16(7-5-15)17-8-9-19(20(26)12-17)25(31)33-18-13-21(27)24(22(28)14-18)32-11-10-23(29)30/h8-16,23H,2-7H2,1H3/b11-10+. The largest absolute Gasteiger partial charge is 0.459 e. The average molecular weight is 468 g/mol. The van der Waals surface area contributed by atoms with E-state index in [0.717, 1.165) is 37.7 Å². The van der Waals surface area contributed by atoms with Crippen molar-refractivity contribution in [2.45, 2.75) is 57.8 Å². The van der Waals surface area contributed by atoms with Gasteiger partial charge in [0, 0.05) is 18.2 Å². The predicted molar refractivity (Wildman–Crippen MR) is 113 cm³/mol. The fourth-order valence-corrected chi connectivity index (χ4v) is 4.18. The highest BCUT2D eigenvalue weighted by atomic mass is 19.3. The maximum Gasteiger partial charge on any atom is 0.346 e. The summed E-state index contributed by atoms with van der Waals surface area (Å²) >= 11 is 0. The van der Waals surface area contributed by atoms with Crippen molar-refractivity contribution in [2.24, 2.45) is 5.92 Å². The van der Waals surface area contributed by atoms with Gasteiger partial charge in [-0.1, -0.05) is 25.8 Å². The van der Waals surface area contributed by atoms with Gasteiger partial charge in [0.2, 0.25) is 0 Å². The number of rotatable bonds is 8.